The molecule has 0 aromatic heterocycles. The standard InChI is InChI=1S/C14H18O2/c1-14(2,9-15)12-5-3-4-11(8-12)13(16)10-6-7-10/h3-5,8,10,15H,6-7,9H2,1-2H3. The van der Waals surface area contributed by atoms with Crippen molar-refractivity contribution in [3.05, 3.63) is 35.4 Å². The first-order valence-corrected chi connectivity index (χ1v) is 5.80. The quantitative estimate of drug-likeness (QED) is 0.788. The molecule has 0 aliphatic heterocycles. The van der Waals surface area contributed by atoms with E-state index in [1.165, 1.54) is 0 Å². The van der Waals surface area contributed by atoms with Gasteiger partial charge in [0.15, 0.2) is 5.78 Å². The number of hydrogen-bond donors (Lipinski definition) is 1. The zero-order valence-corrected chi connectivity index (χ0v) is 9.86. The number of benzene rings is 1. The highest BCUT2D eigenvalue weighted by atomic mass is 16.3. The molecule has 0 saturated heterocycles. The molecule has 0 atom stereocenters. The van der Waals surface area contributed by atoms with Crippen LogP contribution in [0.3, 0.4) is 0 Å². The summed E-state index contributed by atoms with van der Waals surface area (Å²) in [5.74, 6) is 0.517. The lowest BCUT2D eigenvalue weighted by Gasteiger charge is -2.22. The first-order chi connectivity index (χ1) is 7.54. The fourth-order valence-electron chi connectivity index (χ4n) is 1.77. The van der Waals surface area contributed by atoms with E-state index in [1.54, 1.807) is 0 Å². The van der Waals surface area contributed by atoms with Gasteiger partial charge in [-0.3, -0.25) is 4.79 Å². The zero-order valence-electron chi connectivity index (χ0n) is 9.86. The van der Waals surface area contributed by atoms with Crippen molar-refractivity contribution >= 4 is 5.78 Å². The first-order valence-electron chi connectivity index (χ1n) is 5.80. The second-order valence-electron chi connectivity index (χ2n) is 5.26. The van der Waals surface area contributed by atoms with E-state index in [-0.39, 0.29) is 23.7 Å². The molecule has 86 valence electrons. The van der Waals surface area contributed by atoms with E-state index in [0.717, 1.165) is 24.0 Å². The van der Waals surface area contributed by atoms with Crippen molar-refractivity contribution in [1.29, 1.82) is 0 Å². The molecule has 0 bridgehead atoms. The minimum Gasteiger partial charge on any atom is -0.395 e. The highest BCUT2D eigenvalue weighted by Crippen LogP contribution is 2.33. The Labute approximate surface area is 96.3 Å². The smallest absolute Gasteiger partial charge is 0.165 e. The predicted molar refractivity (Wildman–Crippen MR) is 63.6 cm³/mol. The van der Waals surface area contributed by atoms with Crippen LogP contribution < -0.4 is 0 Å². The van der Waals surface area contributed by atoms with Crippen molar-refractivity contribution in [2.45, 2.75) is 32.1 Å². The average molecular weight is 218 g/mol. The Morgan fingerprint density at radius 3 is 2.69 bits per heavy atom. The molecule has 0 heterocycles. The molecule has 0 spiro atoms. The van der Waals surface area contributed by atoms with Gasteiger partial charge in [0.25, 0.3) is 0 Å². The van der Waals surface area contributed by atoms with Gasteiger partial charge in [0.1, 0.15) is 0 Å². The third-order valence-electron chi connectivity index (χ3n) is 3.27. The Balaban J connectivity index is 2.28. The Hall–Kier alpha value is -1.15. The second-order valence-corrected chi connectivity index (χ2v) is 5.26. The van der Waals surface area contributed by atoms with Gasteiger partial charge >= 0.3 is 0 Å². The van der Waals surface area contributed by atoms with Crippen LogP contribution in [-0.4, -0.2) is 17.5 Å². The molecule has 2 rings (SSSR count). The van der Waals surface area contributed by atoms with Crippen molar-refractivity contribution in [3.8, 4) is 0 Å². The average Bonchev–Trinajstić information content (AvgIpc) is 3.12. The summed E-state index contributed by atoms with van der Waals surface area (Å²) in [6.45, 7) is 4.05. The minimum atomic E-state index is -0.278. The van der Waals surface area contributed by atoms with Gasteiger partial charge in [-0.1, -0.05) is 32.0 Å². The maximum atomic E-state index is 11.9. The largest absolute Gasteiger partial charge is 0.395 e. The van der Waals surface area contributed by atoms with Gasteiger partial charge in [0.05, 0.1) is 6.61 Å². The number of carbonyl (C=O) groups excluding carboxylic acids is 1. The van der Waals surface area contributed by atoms with E-state index >= 15 is 0 Å². The summed E-state index contributed by atoms with van der Waals surface area (Å²) in [5.41, 5.74) is 1.54. The summed E-state index contributed by atoms with van der Waals surface area (Å²) in [4.78, 5) is 11.9. The van der Waals surface area contributed by atoms with Crippen LogP contribution in [0.15, 0.2) is 24.3 Å². The Morgan fingerprint density at radius 1 is 1.44 bits per heavy atom. The molecule has 2 nitrogen and oxygen atoms in total. The third kappa shape index (κ3) is 2.17. The fourth-order valence-corrected chi connectivity index (χ4v) is 1.77. The van der Waals surface area contributed by atoms with Crippen LogP contribution in [0.2, 0.25) is 0 Å². The second kappa shape index (κ2) is 4.02. The lowest BCUT2D eigenvalue weighted by molar-refractivity contribution is 0.0967. The van der Waals surface area contributed by atoms with Gasteiger partial charge in [-0.15, -0.1) is 0 Å². The number of aliphatic hydroxyl groups excluding tert-OH is 1. The Bertz CT molecular complexity index is 403. The summed E-state index contributed by atoms with van der Waals surface area (Å²) < 4.78 is 0. The van der Waals surface area contributed by atoms with Gasteiger partial charge in [-0.25, -0.2) is 0 Å². The van der Waals surface area contributed by atoms with Crippen molar-refractivity contribution in [2.24, 2.45) is 5.92 Å². The topological polar surface area (TPSA) is 37.3 Å². The SMILES string of the molecule is CC(C)(CO)c1cccc(C(=O)C2CC2)c1. The predicted octanol–water partition coefficient (Wildman–Crippen LogP) is 2.55. The van der Waals surface area contributed by atoms with Gasteiger partial charge in [0, 0.05) is 16.9 Å². The Kier molecular flexibility index (Phi) is 2.85. The number of aliphatic hydroxyl groups is 1. The highest BCUT2D eigenvalue weighted by molar-refractivity contribution is 5.99. The summed E-state index contributed by atoms with van der Waals surface area (Å²) in [7, 11) is 0. The normalized spacial score (nSPS) is 16.2. The number of ketones is 1. The number of hydrogen-bond acceptors (Lipinski definition) is 2. The van der Waals surface area contributed by atoms with E-state index in [2.05, 4.69) is 0 Å². The van der Waals surface area contributed by atoms with Gasteiger partial charge < -0.3 is 5.11 Å². The molecular formula is C14H18O2. The molecule has 0 radical (unpaired) electrons. The zero-order chi connectivity index (χ0) is 11.8. The number of Topliss-reactive ketones (excluding diaryl/α,β-unsaturated/α-hetero) is 1. The van der Waals surface area contributed by atoms with Crippen LogP contribution in [0.1, 0.15) is 42.6 Å². The van der Waals surface area contributed by atoms with E-state index < -0.39 is 0 Å². The fraction of sp³-hybridized carbons (Fsp3) is 0.500. The van der Waals surface area contributed by atoms with Crippen LogP contribution in [0.5, 0.6) is 0 Å². The monoisotopic (exact) mass is 218 g/mol. The molecule has 1 aromatic carbocycles. The van der Waals surface area contributed by atoms with Crippen LogP contribution >= 0.6 is 0 Å². The summed E-state index contributed by atoms with van der Waals surface area (Å²) in [6.07, 6.45) is 2.07. The van der Waals surface area contributed by atoms with E-state index in [9.17, 15) is 9.90 Å². The molecule has 1 saturated carbocycles. The maximum Gasteiger partial charge on any atom is 0.165 e. The van der Waals surface area contributed by atoms with Crippen LogP contribution in [0, 0.1) is 5.92 Å². The molecule has 1 aliphatic carbocycles. The van der Waals surface area contributed by atoms with Crippen molar-refractivity contribution < 1.29 is 9.90 Å². The summed E-state index contributed by atoms with van der Waals surface area (Å²) in [6, 6.07) is 7.68. The maximum absolute atomic E-state index is 11.9. The molecule has 2 heteroatoms. The van der Waals surface area contributed by atoms with Crippen LogP contribution in [0.25, 0.3) is 0 Å². The molecule has 1 aromatic rings. The lowest BCUT2D eigenvalue weighted by Crippen LogP contribution is -2.22. The molecule has 1 aliphatic rings. The minimum absolute atomic E-state index is 0.0913. The molecular weight excluding hydrogens is 200 g/mol. The van der Waals surface area contributed by atoms with Crippen LogP contribution in [-0.2, 0) is 5.41 Å². The summed E-state index contributed by atoms with van der Waals surface area (Å²) in [5, 5.41) is 9.31. The highest BCUT2D eigenvalue weighted by Gasteiger charge is 2.31. The summed E-state index contributed by atoms with van der Waals surface area (Å²) >= 11 is 0. The van der Waals surface area contributed by atoms with Gasteiger partial charge in [-0.05, 0) is 24.5 Å². The third-order valence-corrected chi connectivity index (χ3v) is 3.27. The van der Waals surface area contributed by atoms with Crippen molar-refractivity contribution in [3.63, 3.8) is 0 Å². The van der Waals surface area contributed by atoms with E-state index in [0.29, 0.717) is 0 Å². The van der Waals surface area contributed by atoms with Crippen LogP contribution in [0.4, 0.5) is 0 Å². The van der Waals surface area contributed by atoms with Crippen molar-refractivity contribution in [2.75, 3.05) is 6.61 Å². The van der Waals surface area contributed by atoms with Gasteiger partial charge in [-0.2, -0.15) is 0 Å². The van der Waals surface area contributed by atoms with E-state index in [1.807, 2.05) is 38.1 Å². The number of carbonyl (C=O) groups is 1. The lowest BCUT2D eigenvalue weighted by atomic mass is 9.84. The molecule has 1 N–H and O–H groups in total. The molecule has 1 fully saturated rings. The molecule has 0 amide bonds. The first kappa shape index (κ1) is 11.3. The molecule has 0 unspecified atom stereocenters. The van der Waals surface area contributed by atoms with E-state index in [4.69, 9.17) is 0 Å². The Morgan fingerprint density at radius 2 is 2.12 bits per heavy atom. The van der Waals surface area contributed by atoms with Crippen molar-refractivity contribution in [1.82, 2.24) is 0 Å². The van der Waals surface area contributed by atoms with Gasteiger partial charge in [0.2, 0.25) is 0 Å². The number of rotatable bonds is 4. The molecule has 16 heavy (non-hydrogen) atoms.